The van der Waals surface area contributed by atoms with E-state index in [0.717, 1.165) is 13.0 Å². The van der Waals surface area contributed by atoms with Crippen molar-refractivity contribution in [1.29, 1.82) is 0 Å². The molecule has 54 valence electrons. The molecule has 0 unspecified atom stereocenters. The average Bonchev–Trinajstić information content (AvgIpc) is 1.90. The molecule has 1 saturated heterocycles. The van der Waals surface area contributed by atoms with Crippen LogP contribution in [0.3, 0.4) is 0 Å². The molecule has 1 fully saturated rings. The zero-order valence-corrected chi connectivity index (χ0v) is 5.98. The van der Waals surface area contributed by atoms with Crippen LogP contribution in [0.15, 0.2) is 0 Å². The van der Waals surface area contributed by atoms with Gasteiger partial charge in [0.1, 0.15) is 0 Å². The second-order valence-electron chi connectivity index (χ2n) is 3.10. The van der Waals surface area contributed by atoms with E-state index < -0.39 is 0 Å². The number of aliphatic hydroxyl groups is 1. The fourth-order valence-corrected chi connectivity index (χ4v) is 1.25. The summed E-state index contributed by atoms with van der Waals surface area (Å²) in [6.07, 6.45) is 3.63. The summed E-state index contributed by atoms with van der Waals surface area (Å²) < 4.78 is 0. The molecule has 2 heteroatoms. The SMILES string of the molecule is C[C@]1(CO)CCCCN1. The van der Waals surface area contributed by atoms with Gasteiger partial charge in [-0.3, -0.25) is 0 Å². The van der Waals surface area contributed by atoms with Crippen molar-refractivity contribution in [3.63, 3.8) is 0 Å². The van der Waals surface area contributed by atoms with Crippen molar-refractivity contribution in [2.45, 2.75) is 31.7 Å². The van der Waals surface area contributed by atoms with E-state index in [1.54, 1.807) is 0 Å². The minimum atomic E-state index is 0.0260. The lowest BCUT2D eigenvalue weighted by molar-refractivity contribution is 0.147. The Labute approximate surface area is 56.3 Å². The van der Waals surface area contributed by atoms with Gasteiger partial charge in [-0.1, -0.05) is 6.42 Å². The van der Waals surface area contributed by atoms with Crippen LogP contribution in [0, 0.1) is 0 Å². The Kier molecular flexibility index (Phi) is 2.09. The molecular formula is C7H15NO. The molecule has 2 N–H and O–H groups in total. The van der Waals surface area contributed by atoms with Gasteiger partial charge >= 0.3 is 0 Å². The van der Waals surface area contributed by atoms with E-state index in [4.69, 9.17) is 5.11 Å². The lowest BCUT2D eigenvalue weighted by Crippen LogP contribution is -2.48. The lowest BCUT2D eigenvalue weighted by Gasteiger charge is -2.32. The van der Waals surface area contributed by atoms with Crippen LogP contribution in [-0.4, -0.2) is 23.8 Å². The average molecular weight is 129 g/mol. The minimum absolute atomic E-state index is 0.0260. The van der Waals surface area contributed by atoms with Gasteiger partial charge in [0.2, 0.25) is 0 Å². The highest BCUT2D eigenvalue weighted by atomic mass is 16.3. The van der Waals surface area contributed by atoms with Crippen LogP contribution in [0.1, 0.15) is 26.2 Å². The van der Waals surface area contributed by atoms with Crippen LogP contribution in [0.2, 0.25) is 0 Å². The third-order valence-corrected chi connectivity index (χ3v) is 2.06. The predicted octanol–water partition coefficient (Wildman–Crippen LogP) is 0.511. The van der Waals surface area contributed by atoms with Crippen LogP contribution in [0.4, 0.5) is 0 Å². The van der Waals surface area contributed by atoms with E-state index in [1.165, 1.54) is 12.8 Å². The molecule has 9 heavy (non-hydrogen) atoms. The molecule has 1 aliphatic rings. The Balaban J connectivity index is 2.37. The normalized spacial score (nSPS) is 36.7. The molecule has 0 aromatic rings. The third kappa shape index (κ3) is 1.66. The highest BCUT2D eigenvalue weighted by molar-refractivity contribution is 4.85. The van der Waals surface area contributed by atoms with Gasteiger partial charge in [0.15, 0.2) is 0 Å². The molecule has 1 heterocycles. The highest BCUT2D eigenvalue weighted by Gasteiger charge is 2.24. The van der Waals surface area contributed by atoms with Crippen molar-refractivity contribution in [2.75, 3.05) is 13.2 Å². The monoisotopic (exact) mass is 129 g/mol. The minimum Gasteiger partial charge on any atom is -0.394 e. The standard InChI is InChI=1S/C7H15NO/c1-7(6-9)4-2-3-5-8-7/h8-9H,2-6H2,1H3/t7-/m1/s1. The Morgan fingerprint density at radius 1 is 1.56 bits per heavy atom. The fourth-order valence-electron chi connectivity index (χ4n) is 1.25. The summed E-state index contributed by atoms with van der Waals surface area (Å²) in [5.74, 6) is 0. The number of piperidine rings is 1. The quantitative estimate of drug-likeness (QED) is 0.540. The molecule has 0 aromatic heterocycles. The van der Waals surface area contributed by atoms with Crippen molar-refractivity contribution in [3.8, 4) is 0 Å². The summed E-state index contributed by atoms with van der Waals surface area (Å²) in [4.78, 5) is 0. The summed E-state index contributed by atoms with van der Waals surface area (Å²) in [5.41, 5.74) is 0.0260. The van der Waals surface area contributed by atoms with Gasteiger partial charge in [-0.2, -0.15) is 0 Å². The first-order chi connectivity index (χ1) is 4.27. The Bertz CT molecular complexity index is 86.9. The number of rotatable bonds is 1. The van der Waals surface area contributed by atoms with Crippen LogP contribution >= 0.6 is 0 Å². The number of hydrogen-bond acceptors (Lipinski definition) is 2. The molecule has 0 amide bonds. The van der Waals surface area contributed by atoms with E-state index in [0.29, 0.717) is 0 Å². The summed E-state index contributed by atoms with van der Waals surface area (Å²) >= 11 is 0. The molecule has 1 rings (SSSR count). The summed E-state index contributed by atoms with van der Waals surface area (Å²) in [6, 6.07) is 0. The maximum atomic E-state index is 8.89. The zero-order valence-electron chi connectivity index (χ0n) is 5.98. The van der Waals surface area contributed by atoms with E-state index in [2.05, 4.69) is 12.2 Å². The molecule has 0 radical (unpaired) electrons. The van der Waals surface area contributed by atoms with Gasteiger partial charge < -0.3 is 10.4 Å². The summed E-state index contributed by atoms with van der Waals surface area (Å²) in [7, 11) is 0. The molecule has 0 aliphatic carbocycles. The van der Waals surface area contributed by atoms with Gasteiger partial charge in [0, 0.05) is 5.54 Å². The smallest absolute Gasteiger partial charge is 0.0610 e. The van der Waals surface area contributed by atoms with Gasteiger partial charge in [-0.15, -0.1) is 0 Å². The van der Waals surface area contributed by atoms with E-state index >= 15 is 0 Å². The van der Waals surface area contributed by atoms with Crippen LogP contribution in [-0.2, 0) is 0 Å². The third-order valence-electron chi connectivity index (χ3n) is 2.06. The van der Waals surface area contributed by atoms with Crippen molar-refractivity contribution in [3.05, 3.63) is 0 Å². The second kappa shape index (κ2) is 2.67. The van der Waals surface area contributed by atoms with Crippen LogP contribution in [0.5, 0.6) is 0 Å². The first-order valence-electron chi connectivity index (χ1n) is 3.63. The second-order valence-corrected chi connectivity index (χ2v) is 3.10. The predicted molar refractivity (Wildman–Crippen MR) is 37.3 cm³/mol. The molecule has 1 aliphatic heterocycles. The first-order valence-corrected chi connectivity index (χ1v) is 3.63. The molecule has 2 nitrogen and oxygen atoms in total. The largest absolute Gasteiger partial charge is 0.394 e. The van der Waals surface area contributed by atoms with Gasteiger partial charge in [-0.25, -0.2) is 0 Å². The fraction of sp³-hybridized carbons (Fsp3) is 1.00. The summed E-state index contributed by atoms with van der Waals surface area (Å²) in [5, 5.41) is 12.2. The first kappa shape index (κ1) is 7.03. The maximum absolute atomic E-state index is 8.89. The Morgan fingerprint density at radius 3 is 2.67 bits per heavy atom. The van der Waals surface area contributed by atoms with Crippen LogP contribution in [0.25, 0.3) is 0 Å². The molecule has 1 atom stereocenters. The van der Waals surface area contributed by atoms with Crippen molar-refractivity contribution in [2.24, 2.45) is 0 Å². The van der Waals surface area contributed by atoms with Crippen LogP contribution < -0.4 is 5.32 Å². The van der Waals surface area contributed by atoms with E-state index in [9.17, 15) is 0 Å². The Morgan fingerprint density at radius 2 is 2.33 bits per heavy atom. The Hall–Kier alpha value is -0.0800. The molecule has 0 aromatic carbocycles. The molecule has 0 spiro atoms. The summed E-state index contributed by atoms with van der Waals surface area (Å²) in [6.45, 7) is 3.41. The molecule has 0 bridgehead atoms. The van der Waals surface area contributed by atoms with Gasteiger partial charge in [-0.05, 0) is 26.3 Å². The zero-order chi connectivity index (χ0) is 6.74. The highest BCUT2D eigenvalue weighted by Crippen LogP contribution is 2.16. The maximum Gasteiger partial charge on any atom is 0.0610 e. The number of hydrogen-bond donors (Lipinski definition) is 2. The van der Waals surface area contributed by atoms with E-state index in [1.807, 2.05) is 0 Å². The lowest BCUT2D eigenvalue weighted by atomic mass is 9.92. The number of nitrogens with one attached hydrogen (secondary N) is 1. The van der Waals surface area contributed by atoms with Crippen molar-refractivity contribution >= 4 is 0 Å². The molecular weight excluding hydrogens is 114 g/mol. The number of aliphatic hydroxyl groups excluding tert-OH is 1. The van der Waals surface area contributed by atoms with Gasteiger partial charge in [0.05, 0.1) is 6.61 Å². The van der Waals surface area contributed by atoms with Gasteiger partial charge in [0.25, 0.3) is 0 Å². The van der Waals surface area contributed by atoms with Crippen molar-refractivity contribution in [1.82, 2.24) is 5.32 Å². The molecule has 0 saturated carbocycles. The van der Waals surface area contributed by atoms with E-state index in [-0.39, 0.29) is 12.1 Å². The van der Waals surface area contributed by atoms with Crippen molar-refractivity contribution < 1.29 is 5.11 Å². The topological polar surface area (TPSA) is 32.3 Å².